The minimum absolute atomic E-state index is 0. The number of nitrogens with one attached hydrogen (secondary N) is 1. The Kier molecular flexibility index (Phi) is 5.64. The number of rotatable bonds is 1. The van der Waals surface area contributed by atoms with E-state index in [1.807, 2.05) is 0 Å². The number of hydrogen-bond donors (Lipinski definition) is 0. The zero-order valence-corrected chi connectivity index (χ0v) is 9.62. The van der Waals surface area contributed by atoms with Crippen LogP contribution in [-0.2, 0) is 37.5 Å². The molecule has 0 aromatic rings. The average molecular weight is 241 g/mol. The van der Waals surface area contributed by atoms with Crippen LogP contribution in [0, 0.1) is 11.3 Å². The maximum atomic E-state index is 11.0. The number of carbonyl (C=O) groups excluding carboxylic acids is 1. The first-order chi connectivity index (χ1) is 5.29. The number of carbonyl (C=O) groups is 1. The second kappa shape index (κ2) is 5.63. The normalized spacial score (nSPS) is 21.3. The van der Waals surface area contributed by atoms with Crippen molar-refractivity contribution in [1.29, 1.82) is 5.26 Å². The van der Waals surface area contributed by atoms with Crippen LogP contribution in [-0.4, -0.2) is 29.9 Å². The molecule has 1 amide bonds. The third-order valence-electron chi connectivity index (χ3n) is 1.87. The summed E-state index contributed by atoms with van der Waals surface area (Å²) in [5.74, 6) is -0.228. The fourth-order valence-corrected chi connectivity index (χ4v) is 1.30. The standard InChI is InChI=1S/C7H10N3O.Y/c8-4-6-2-1-3-10(6)7(11)5-9;/h6,9H,1-3,5H2;/q-1;+3. The van der Waals surface area contributed by atoms with Crippen LogP contribution in [0.2, 0.25) is 0 Å². The molecule has 1 heterocycles. The summed E-state index contributed by atoms with van der Waals surface area (Å²) in [6.07, 6.45) is 1.66. The van der Waals surface area contributed by atoms with Crippen molar-refractivity contribution in [1.82, 2.24) is 4.90 Å². The zero-order chi connectivity index (χ0) is 8.27. The van der Waals surface area contributed by atoms with Gasteiger partial charge in [0.1, 0.15) is 6.04 Å². The van der Waals surface area contributed by atoms with Crippen LogP contribution in [0.1, 0.15) is 12.8 Å². The van der Waals surface area contributed by atoms with Gasteiger partial charge in [0.25, 0.3) is 0 Å². The van der Waals surface area contributed by atoms with E-state index >= 15 is 0 Å². The molecule has 1 aliphatic heterocycles. The van der Waals surface area contributed by atoms with Gasteiger partial charge in [0.05, 0.1) is 6.07 Å². The van der Waals surface area contributed by atoms with Crippen LogP contribution in [0.25, 0.3) is 5.73 Å². The van der Waals surface area contributed by atoms with E-state index in [0.717, 1.165) is 12.8 Å². The summed E-state index contributed by atoms with van der Waals surface area (Å²) in [6.45, 7) is 0.411. The molecule has 1 saturated heterocycles. The predicted molar refractivity (Wildman–Crippen MR) is 39.5 cm³/mol. The Bertz CT molecular complexity index is 201. The molecule has 0 aromatic heterocycles. The maximum Gasteiger partial charge on any atom is 3.00 e. The molecule has 0 bridgehead atoms. The van der Waals surface area contributed by atoms with E-state index < -0.39 is 0 Å². The van der Waals surface area contributed by atoms with E-state index in [0.29, 0.717) is 6.54 Å². The molecule has 5 heteroatoms. The van der Waals surface area contributed by atoms with Crippen LogP contribution >= 0.6 is 0 Å². The van der Waals surface area contributed by atoms with Gasteiger partial charge < -0.3 is 10.6 Å². The molecule has 0 spiro atoms. The number of likely N-dealkylation sites (tertiary alicyclic amines) is 1. The third-order valence-corrected chi connectivity index (χ3v) is 1.87. The van der Waals surface area contributed by atoms with Crippen molar-refractivity contribution >= 4 is 5.91 Å². The minimum Gasteiger partial charge on any atom is -0.670 e. The van der Waals surface area contributed by atoms with E-state index in [4.69, 9.17) is 11.0 Å². The van der Waals surface area contributed by atoms with Crippen LogP contribution < -0.4 is 0 Å². The molecule has 12 heavy (non-hydrogen) atoms. The molecule has 1 N–H and O–H groups in total. The molecule has 0 radical (unpaired) electrons. The monoisotopic (exact) mass is 241 g/mol. The topological polar surface area (TPSA) is 67.9 Å². The van der Waals surface area contributed by atoms with Crippen molar-refractivity contribution in [2.45, 2.75) is 18.9 Å². The molecular formula is C7H10N3OY+2. The molecule has 1 atom stereocenters. The van der Waals surface area contributed by atoms with Crippen LogP contribution in [0.15, 0.2) is 0 Å². The van der Waals surface area contributed by atoms with Crippen molar-refractivity contribution in [3.8, 4) is 6.07 Å². The Morgan fingerprint density at radius 1 is 1.75 bits per heavy atom. The summed E-state index contributed by atoms with van der Waals surface area (Å²) < 4.78 is 0. The minimum atomic E-state index is -0.271. The number of hydrogen-bond acceptors (Lipinski definition) is 2. The average Bonchev–Trinajstić information content (AvgIpc) is 2.50. The van der Waals surface area contributed by atoms with E-state index in [2.05, 4.69) is 6.07 Å². The zero-order valence-electron chi connectivity index (χ0n) is 6.79. The van der Waals surface area contributed by atoms with Gasteiger partial charge in [-0.3, -0.25) is 4.79 Å². The fraction of sp³-hybridized carbons (Fsp3) is 0.714. The summed E-state index contributed by atoms with van der Waals surface area (Å²) in [5.41, 5.74) is 6.84. The van der Waals surface area contributed by atoms with Crippen LogP contribution in [0.4, 0.5) is 0 Å². The smallest absolute Gasteiger partial charge is 0.670 e. The Hall–Kier alpha value is 0.0239. The van der Waals surface area contributed by atoms with Crippen molar-refractivity contribution < 1.29 is 37.5 Å². The van der Waals surface area contributed by atoms with Gasteiger partial charge in [0.2, 0.25) is 5.91 Å². The van der Waals surface area contributed by atoms with Crippen molar-refractivity contribution in [2.24, 2.45) is 0 Å². The van der Waals surface area contributed by atoms with Gasteiger partial charge in [-0.2, -0.15) is 5.26 Å². The second-order valence-electron chi connectivity index (χ2n) is 2.55. The van der Waals surface area contributed by atoms with Gasteiger partial charge in [0.15, 0.2) is 0 Å². The van der Waals surface area contributed by atoms with Gasteiger partial charge in [-0.05, 0) is 12.8 Å². The summed E-state index contributed by atoms with van der Waals surface area (Å²) >= 11 is 0. The van der Waals surface area contributed by atoms with Crippen LogP contribution in [0.3, 0.4) is 0 Å². The van der Waals surface area contributed by atoms with Gasteiger partial charge in [-0.15, -0.1) is 0 Å². The molecule has 1 fully saturated rings. The van der Waals surface area contributed by atoms with Gasteiger partial charge in [-0.25, -0.2) is 0 Å². The summed E-state index contributed by atoms with van der Waals surface area (Å²) in [7, 11) is 0. The van der Waals surface area contributed by atoms with E-state index in [1.165, 1.54) is 4.90 Å². The molecule has 1 rings (SSSR count). The quantitative estimate of drug-likeness (QED) is 0.672. The molecule has 1 unspecified atom stereocenters. The largest absolute Gasteiger partial charge is 3.00 e. The Morgan fingerprint density at radius 2 is 2.42 bits per heavy atom. The molecule has 0 aromatic carbocycles. The third kappa shape index (κ3) is 2.51. The first kappa shape index (κ1) is 12.0. The van der Waals surface area contributed by atoms with Crippen molar-refractivity contribution in [3.05, 3.63) is 5.73 Å². The fourth-order valence-electron chi connectivity index (χ4n) is 1.30. The molecule has 0 aliphatic carbocycles. The Morgan fingerprint density at radius 3 is 2.92 bits per heavy atom. The SMILES string of the molecule is N#CC1CCCN1C(=O)C[NH-].[Y+3]. The predicted octanol–water partition coefficient (Wildman–Crippen LogP) is 0.551. The van der Waals surface area contributed by atoms with Crippen LogP contribution in [0.5, 0.6) is 0 Å². The number of amides is 1. The summed E-state index contributed by atoms with van der Waals surface area (Å²) in [4.78, 5) is 12.5. The number of nitrogens with zero attached hydrogens (tertiary/aromatic N) is 2. The molecule has 1 aliphatic rings. The Balaban J connectivity index is 0.00000121. The second-order valence-corrected chi connectivity index (χ2v) is 2.55. The van der Waals surface area contributed by atoms with Crippen molar-refractivity contribution in [3.63, 3.8) is 0 Å². The molecule has 0 saturated carbocycles. The summed E-state index contributed by atoms with van der Waals surface area (Å²) in [5, 5.41) is 8.58. The van der Waals surface area contributed by atoms with Gasteiger partial charge >= 0.3 is 32.7 Å². The molecule has 4 nitrogen and oxygen atoms in total. The van der Waals surface area contributed by atoms with E-state index in [9.17, 15) is 4.79 Å². The summed E-state index contributed by atoms with van der Waals surface area (Å²) in [6, 6.07) is 1.78. The maximum absolute atomic E-state index is 11.0. The van der Waals surface area contributed by atoms with E-state index in [-0.39, 0.29) is 51.2 Å². The number of nitriles is 1. The van der Waals surface area contributed by atoms with Crippen molar-refractivity contribution in [2.75, 3.05) is 13.1 Å². The first-order valence-electron chi connectivity index (χ1n) is 3.63. The van der Waals surface area contributed by atoms with E-state index in [1.54, 1.807) is 0 Å². The first-order valence-corrected chi connectivity index (χ1v) is 3.63. The molecular weight excluding hydrogens is 231 g/mol. The Labute approximate surface area is 97.0 Å². The molecule has 60 valence electrons. The van der Waals surface area contributed by atoms with Gasteiger partial charge in [0, 0.05) is 6.54 Å². The van der Waals surface area contributed by atoms with Gasteiger partial charge in [-0.1, -0.05) is 6.54 Å².